The summed E-state index contributed by atoms with van der Waals surface area (Å²) >= 11 is 6.13. The third kappa shape index (κ3) is 9.36. The Morgan fingerprint density at radius 2 is 1.35 bits per heavy atom. The number of aromatic amines is 1. The van der Waals surface area contributed by atoms with Crippen LogP contribution in [0.1, 0.15) is 73.6 Å². The molecule has 2 aliphatic rings. The lowest BCUT2D eigenvalue weighted by Crippen LogP contribution is -2.37. The zero-order chi connectivity index (χ0) is 48.8. The molecule has 8 heterocycles. The molecule has 8 aromatic rings. The molecule has 0 atom stereocenters. The normalized spacial score (nSPS) is 13.1. The lowest BCUT2D eigenvalue weighted by molar-refractivity contribution is 0.0241. The molecule has 2 aliphatic heterocycles. The largest absolute Gasteiger partial charge is 0.490 e. The van der Waals surface area contributed by atoms with Crippen LogP contribution in [-0.2, 0) is 22.6 Å². The summed E-state index contributed by atoms with van der Waals surface area (Å²) in [5.41, 5.74) is 4.35. The lowest BCUT2D eigenvalue weighted by Gasteiger charge is -2.24. The van der Waals surface area contributed by atoms with E-state index in [9.17, 15) is 19.2 Å². The Labute approximate surface area is 394 Å². The molecule has 2 aromatic carbocycles. The van der Waals surface area contributed by atoms with E-state index >= 15 is 0 Å². The molecular weight excluding hydrogens is 895 g/mol. The van der Waals surface area contributed by atoms with Gasteiger partial charge in [-0.05, 0) is 65.8 Å². The summed E-state index contributed by atoms with van der Waals surface area (Å²) in [4.78, 5) is 72.4. The van der Waals surface area contributed by atoms with Crippen LogP contribution in [0.4, 0.5) is 9.59 Å². The number of carbonyl (C=O) groups excluding carboxylic acids is 4. The van der Waals surface area contributed by atoms with Crippen molar-refractivity contribution in [2.45, 2.75) is 65.8 Å². The predicted molar refractivity (Wildman–Crippen MR) is 255 cm³/mol. The highest BCUT2D eigenvalue weighted by Crippen LogP contribution is 2.39. The van der Waals surface area contributed by atoms with Gasteiger partial charge in [0.15, 0.2) is 0 Å². The number of fused-ring (bicyclic) bond motifs is 10. The number of ether oxygens (including phenoxy) is 4. The molecule has 0 unspecified atom stereocenters. The Hall–Kier alpha value is -7.61. The van der Waals surface area contributed by atoms with Crippen molar-refractivity contribution < 1.29 is 48.2 Å². The molecule has 10 rings (SSSR count). The Bertz CT molecular complexity index is 3290. The summed E-state index contributed by atoms with van der Waals surface area (Å²) < 4.78 is 22.3. The molecule has 3 amide bonds. The number of amides is 3. The van der Waals surface area contributed by atoms with Gasteiger partial charge in [0.1, 0.15) is 16.4 Å². The van der Waals surface area contributed by atoms with Crippen molar-refractivity contribution in [2.75, 3.05) is 14.2 Å². The zero-order valence-electron chi connectivity index (χ0n) is 38.3. The maximum absolute atomic E-state index is 13.3. The molecule has 348 valence electrons. The highest BCUT2D eigenvalue weighted by Gasteiger charge is 2.41. The number of hydrogen-bond acceptors (Lipinski definition) is 14. The van der Waals surface area contributed by atoms with Gasteiger partial charge < -0.3 is 39.3 Å². The molecule has 4 N–H and O–H groups in total. The molecule has 0 aliphatic carbocycles. The highest BCUT2D eigenvalue weighted by molar-refractivity contribution is 6.58. The molecule has 0 spiro atoms. The van der Waals surface area contributed by atoms with Gasteiger partial charge in [-0.25, -0.2) is 34.0 Å². The average Bonchev–Trinajstić information content (AvgIpc) is 4.05. The number of rotatable bonds is 4. The first-order valence-corrected chi connectivity index (χ1v) is 21.6. The molecule has 68 heavy (non-hydrogen) atoms. The van der Waals surface area contributed by atoms with E-state index < -0.39 is 36.4 Å². The smallest absolute Gasteiger partial charge is 0.481 e. The second-order valence-electron chi connectivity index (χ2n) is 17.7. The third-order valence-corrected chi connectivity index (χ3v) is 11.0. The van der Waals surface area contributed by atoms with Gasteiger partial charge in [-0.2, -0.15) is 0 Å². The Morgan fingerprint density at radius 3 is 1.97 bits per heavy atom. The maximum atomic E-state index is 13.3. The van der Waals surface area contributed by atoms with Crippen LogP contribution < -0.4 is 20.3 Å². The number of imide groups is 1. The molecule has 0 radical (unpaired) electrons. The van der Waals surface area contributed by atoms with Crippen LogP contribution in [-0.4, -0.2) is 101 Å². The second kappa shape index (κ2) is 18.2. The molecule has 0 saturated carbocycles. The highest BCUT2D eigenvalue weighted by atomic mass is 35.5. The van der Waals surface area contributed by atoms with Crippen LogP contribution in [0.5, 0.6) is 11.8 Å². The van der Waals surface area contributed by atoms with Gasteiger partial charge in [0.2, 0.25) is 11.8 Å². The summed E-state index contributed by atoms with van der Waals surface area (Å²) in [5, 5.41) is 25.4. The Morgan fingerprint density at radius 1 is 0.721 bits per heavy atom. The minimum atomic E-state index is -1.46. The molecular formula is C48H46BClN8O10. The van der Waals surface area contributed by atoms with Gasteiger partial charge in [0, 0.05) is 79.9 Å². The number of methoxy groups -OCH3 is 2. The van der Waals surface area contributed by atoms with E-state index in [4.69, 9.17) is 40.6 Å². The SMILES string of the molecule is CC(C)(C)OC(=O)N1Cc2c(c3ccc4cnc(Cl)cc4c3n2C(=O)OC(C)(C)C)C1=O.COc1ccc(-c2cc3c(ccc4c5c([nH]c43)CNC5=O)cn2)cn1.COc1ccc(B(O)O)cn1. The van der Waals surface area contributed by atoms with E-state index in [1.807, 2.05) is 36.5 Å². The van der Waals surface area contributed by atoms with E-state index in [1.165, 1.54) is 23.9 Å². The van der Waals surface area contributed by atoms with Crippen molar-refractivity contribution in [1.82, 2.24) is 39.7 Å². The number of halogens is 1. The first kappa shape index (κ1) is 46.9. The first-order chi connectivity index (χ1) is 32.2. The summed E-state index contributed by atoms with van der Waals surface area (Å²) in [6, 6.07) is 18.0. The number of aromatic nitrogens is 6. The number of pyridine rings is 4. The van der Waals surface area contributed by atoms with Gasteiger partial charge in [-0.15, -0.1) is 0 Å². The van der Waals surface area contributed by atoms with Gasteiger partial charge >= 0.3 is 19.3 Å². The number of benzene rings is 2. The van der Waals surface area contributed by atoms with Crippen LogP contribution in [0, 0.1) is 0 Å². The number of nitrogens with one attached hydrogen (secondary N) is 2. The second-order valence-corrected chi connectivity index (χ2v) is 18.1. The first-order valence-electron chi connectivity index (χ1n) is 21.2. The van der Waals surface area contributed by atoms with Crippen LogP contribution >= 0.6 is 11.6 Å². The molecule has 0 fully saturated rings. The fourth-order valence-electron chi connectivity index (χ4n) is 7.80. The van der Waals surface area contributed by atoms with E-state index in [2.05, 4.69) is 30.2 Å². The summed E-state index contributed by atoms with van der Waals surface area (Å²) in [5.74, 6) is 0.475. The van der Waals surface area contributed by atoms with Crippen molar-refractivity contribution in [3.63, 3.8) is 0 Å². The maximum Gasteiger partial charge on any atom is 0.490 e. The number of carbonyl (C=O) groups is 4. The minimum absolute atomic E-state index is 0.0192. The topological polar surface area (TPSA) is 233 Å². The van der Waals surface area contributed by atoms with Crippen LogP contribution in [0.2, 0.25) is 5.15 Å². The van der Waals surface area contributed by atoms with Crippen molar-refractivity contribution in [3.05, 3.63) is 113 Å². The standard InChI is InChI=1S/C23H24ClN3O5.C19H14N4O2.C6H8BNO3/c1-22(2,3)31-20(29)26-11-15-17(19(26)28)13-8-7-12-10-25-16(24)9-14(12)18(13)27(15)21(30)32-23(4,5)6;1-25-16-5-3-11(8-21-16)14-6-13-10(7-20-14)2-4-12-17-15(23-18(12)13)9-22-19(17)24;1-11-6-3-2-5(4-8-6)7(9)10/h7-10H,11H2,1-6H3;2-8,23H,9H2,1H3,(H,22,24);2-4,9-10H,1H3. The lowest BCUT2D eigenvalue weighted by atomic mass is 9.82. The summed E-state index contributed by atoms with van der Waals surface area (Å²) in [7, 11) is 1.62. The third-order valence-electron chi connectivity index (χ3n) is 10.8. The van der Waals surface area contributed by atoms with Crippen molar-refractivity contribution in [3.8, 4) is 23.0 Å². The van der Waals surface area contributed by atoms with E-state index in [0.29, 0.717) is 45.8 Å². The fourth-order valence-corrected chi connectivity index (χ4v) is 7.96. The molecule has 0 saturated heterocycles. The molecule has 18 nitrogen and oxygen atoms in total. The van der Waals surface area contributed by atoms with Gasteiger partial charge in [0.05, 0.1) is 60.9 Å². The van der Waals surface area contributed by atoms with Crippen molar-refractivity contribution in [2.24, 2.45) is 0 Å². The molecule has 20 heteroatoms. The van der Waals surface area contributed by atoms with Gasteiger partial charge in [-0.3, -0.25) is 14.6 Å². The fraction of sp³-hybridized carbons (Fsp3) is 0.250. The predicted octanol–water partition coefficient (Wildman–Crippen LogP) is 7.32. The Kier molecular flexibility index (Phi) is 12.6. The van der Waals surface area contributed by atoms with Crippen molar-refractivity contribution in [1.29, 1.82) is 0 Å². The van der Waals surface area contributed by atoms with Crippen LogP contribution in [0.15, 0.2) is 85.5 Å². The molecule has 0 bridgehead atoms. The molecule has 6 aromatic heterocycles. The van der Waals surface area contributed by atoms with Gasteiger partial charge in [0.25, 0.3) is 11.8 Å². The zero-order valence-corrected chi connectivity index (χ0v) is 39.1. The van der Waals surface area contributed by atoms with E-state index in [-0.39, 0.29) is 23.2 Å². The number of nitrogens with zero attached hydrogens (tertiary/aromatic N) is 6. The Balaban J connectivity index is 0.000000153. The van der Waals surface area contributed by atoms with E-state index in [1.54, 1.807) is 85.3 Å². The van der Waals surface area contributed by atoms with Crippen LogP contribution in [0.25, 0.3) is 54.6 Å². The van der Waals surface area contributed by atoms with Gasteiger partial charge in [-0.1, -0.05) is 41.9 Å². The number of H-pyrrole nitrogens is 1. The van der Waals surface area contributed by atoms with Crippen molar-refractivity contribution >= 4 is 91.5 Å². The quantitative estimate of drug-likeness (QED) is 0.100. The van der Waals surface area contributed by atoms with E-state index in [0.717, 1.165) is 54.5 Å². The minimum Gasteiger partial charge on any atom is -0.481 e. The number of hydrogen-bond donors (Lipinski definition) is 4. The average molecular weight is 941 g/mol. The summed E-state index contributed by atoms with van der Waals surface area (Å²) in [6.45, 7) is 10.9. The monoisotopic (exact) mass is 940 g/mol. The van der Waals surface area contributed by atoms with Crippen LogP contribution in [0.3, 0.4) is 0 Å². The summed E-state index contributed by atoms with van der Waals surface area (Å²) in [6.07, 6.45) is 5.13.